The van der Waals surface area contributed by atoms with Crippen molar-refractivity contribution >= 4 is 23.2 Å². The van der Waals surface area contributed by atoms with E-state index < -0.39 is 0 Å². The number of amides is 2. The Morgan fingerprint density at radius 3 is 2.83 bits per heavy atom. The Kier molecular flexibility index (Phi) is 6.60. The summed E-state index contributed by atoms with van der Waals surface area (Å²) in [5, 5.41) is 5.16. The van der Waals surface area contributed by atoms with E-state index in [2.05, 4.69) is 15.7 Å². The number of piperidine rings is 1. The van der Waals surface area contributed by atoms with Gasteiger partial charge in [-0.1, -0.05) is 6.07 Å². The highest BCUT2D eigenvalue weighted by Crippen LogP contribution is 2.32. The van der Waals surface area contributed by atoms with Gasteiger partial charge in [0, 0.05) is 38.4 Å². The van der Waals surface area contributed by atoms with E-state index in [-0.39, 0.29) is 11.8 Å². The number of hydrogen-bond acceptors (Lipinski definition) is 4. The Hall–Kier alpha value is -2.21. The van der Waals surface area contributed by atoms with Crippen LogP contribution in [0.4, 0.5) is 0 Å². The first kappa shape index (κ1) is 20.1. The van der Waals surface area contributed by atoms with Crippen LogP contribution in [0.2, 0.25) is 0 Å². The molecule has 0 spiro atoms. The second-order valence-electron chi connectivity index (χ2n) is 8.19. The second-order valence-corrected chi connectivity index (χ2v) is 9.07. The minimum absolute atomic E-state index is 0.0950. The lowest BCUT2D eigenvalue weighted by Gasteiger charge is -2.32. The van der Waals surface area contributed by atoms with Gasteiger partial charge in [0.25, 0.3) is 5.91 Å². The smallest absolute Gasteiger partial charge is 0.264 e. The molecule has 154 valence electrons. The number of aryl methyl sites for hydroxylation is 1. The molecular formula is C23H29N3O2S. The molecule has 6 heteroatoms. The Bertz CT molecular complexity index is 841. The molecule has 1 fully saturated rings. The lowest BCUT2D eigenvalue weighted by atomic mass is 9.91. The van der Waals surface area contributed by atoms with Gasteiger partial charge >= 0.3 is 0 Å². The van der Waals surface area contributed by atoms with Gasteiger partial charge in [0.15, 0.2) is 0 Å². The van der Waals surface area contributed by atoms with Gasteiger partial charge in [-0.15, -0.1) is 11.3 Å². The van der Waals surface area contributed by atoms with Crippen LogP contribution in [0, 0.1) is 5.92 Å². The van der Waals surface area contributed by atoms with Gasteiger partial charge in [0.2, 0.25) is 5.91 Å². The normalized spacial score (nSPS) is 17.0. The summed E-state index contributed by atoms with van der Waals surface area (Å²) in [5.41, 5.74) is 3.74. The molecule has 0 saturated carbocycles. The number of aromatic nitrogens is 1. The summed E-state index contributed by atoms with van der Waals surface area (Å²) in [7, 11) is 0. The third-order valence-electron chi connectivity index (χ3n) is 6.19. The molecule has 0 bridgehead atoms. The molecule has 1 N–H and O–H groups in total. The lowest BCUT2D eigenvalue weighted by molar-refractivity contribution is -0.121. The molecular weight excluding hydrogens is 382 g/mol. The Labute approximate surface area is 176 Å². The van der Waals surface area contributed by atoms with E-state index in [9.17, 15) is 9.59 Å². The topological polar surface area (TPSA) is 62.3 Å². The Morgan fingerprint density at radius 1 is 1.21 bits per heavy atom. The van der Waals surface area contributed by atoms with Gasteiger partial charge in [-0.2, -0.15) is 0 Å². The summed E-state index contributed by atoms with van der Waals surface area (Å²) in [5.74, 6) is 0.851. The number of thiophene rings is 1. The molecule has 0 radical (unpaired) electrons. The standard InChI is InChI=1S/C23H29N3O2S/c27-21(25-15-18-4-3-11-24-14-18)8-7-17-9-12-26(13-10-17)23(28)22-20-6-2-1-5-19(20)16-29-22/h3-4,11,14,16-17H,1-2,5-10,12-13,15H2,(H,25,27). The van der Waals surface area contributed by atoms with Crippen molar-refractivity contribution in [2.24, 2.45) is 5.92 Å². The summed E-state index contributed by atoms with van der Waals surface area (Å²) < 4.78 is 0. The zero-order chi connectivity index (χ0) is 20.1. The number of carbonyl (C=O) groups excluding carboxylic acids is 2. The number of rotatable bonds is 6. The molecule has 2 aromatic heterocycles. The first-order valence-electron chi connectivity index (χ1n) is 10.7. The van der Waals surface area contributed by atoms with E-state index in [1.165, 1.54) is 24.0 Å². The molecule has 1 saturated heterocycles. The number of nitrogens with one attached hydrogen (secondary N) is 1. The van der Waals surface area contributed by atoms with Gasteiger partial charge in [-0.3, -0.25) is 14.6 Å². The highest BCUT2D eigenvalue weighted by atomic mass is 32.1. The molecule has 0 unspecified atom stereocenters. The van der Waals surface area contributed by atoms with Crippen LogP contribution in [0.1, 0.15) is 64.9 Å². The minimum atomic E-state index is 0.0950. The van der Waals surface area contributed by atoms with E-state index in [1.54, 1.807) is 23.7 Å². The molecule has 2 aromatic rings. The van der Waals surface area contributed by atoms with Gasteiger partial charge < -0.3 is 10.2 Å². The summed E-state index contributed by atoms with van der Waals surface area (Å²) in [6.45, 7) is 2.16. The van der Waals surface area contributed by atoms with Crippen molar-refractivity contribution in [3.63, 3.8) is 0 Å². The molecule has 29 heavy (non-hydrogen) atoms. The van der Waals surface area contributed by atoms with Crippen LogP contribution in [-0.2, 0) is 24.2 Å². The highest BCUT2D eigenvalue weighted by molar-refractivity contribution is 7.12. The minimum Gasteiger partial charge on any atom is -0.352 e. The van der Waals surface area contributed by atoms with E-state index in [1.807, 2.05) is 17.0 Å². The van der Waals surface area contributed by atoms with Crippen LogP contribution in [0.25, 0.3) is 0 Å². The van der Waals surface area contributed by atoms with E-state index in [0.29, 0.717) is 18.9 Å². The van der Waals surface area contributed by atoms with Crippen molar-refractivity contribution in [2.75, 3.05) is 13.1 Å². The SMILES string of the molecule is O=C(CCC1CCN(C(=O)c2scc3c2CCCC3)CC1)NCc1cccnc1. The molecule has 1 aliphatic carbocycles. The predicted octanol–water partition coefficient (Wildman–Crippen LogP) is 3.97. The summed E-state index contributed by atoms with van der Waals surface area (Å²) in [4.78, 5) is 32.2. The van der Waals surface area contributed by atoms with Gasteiger partial charge in [-0.05, 0) is 79.0 Å². The Balaban J connectivity index is 1.20. The molecule has 2 amide bonds. The Morgan fingerprint density at radius 2 is 2.03 bits per heavy atom. The van der Waals surface area contributed by atoms with E-state index in [4.69, 9.17) is 0 Å². The second kappa shape index (κ2) is 9.53. The average Bonchev–Trinajstić information content (AvgIpc) is 3.21. The number of pyridine rings is 1. The van der Waals surface area contributed by atoms with Gasteiger partial charge in [0.05, 0.1) is 4.88 Å². The zero-order valence-electron chi connectivity index (χ0n) is 16.9. The predicted molar refractivity (Wildman–Crippen MR) is 115 cm³/mol. The summed E-state index contributed by atoms with van der Waals surface area (Å²) in [6, 6.07) is 3.84. The van der Waals surface area contributed by atoms with Crippen molar-refractivity contribution in [1.82, 2.24) is 15.2 Å². The number of hydrogen-bond donors (Lipinski definition) is 1. The number of likely N-dealkylation sites (tertiary alicyclic amines) is 1. The number of nitrogens with zero attached hydrogens (tertiary/aromatic N) is 2. The summed E-state index contributed by atoms with van der Waals surface area (Å²) in [6.07, 6.45) is 11.6. The maximum Gasteiger partial charge on any atom is 0.264 e. The molecule has 1 aliphatic heterocycles. The molecule has 0 atom stereocenters. The van der Waals surface area contributed by atoms with Crippen LogP contribution in [0.3, 0.4) is 0 Å². The lowest BCUT2D eigenvalue weighted by Crippen LogP contribution is -2.38. The highest BCUT2D eigenvalue weighted by Gasteiger charge is 2.27. The van der Waals surface area contributed by atoms with Crippen LogP contribution in [0.5, 0.6) is 0 Å². The molecule has 0 aromatic carbocycles. The third-order valence-corrected chi connectivity index (χ3v) is 7.25. The average molecular weight is 412 g/mol. The quantitative estimate of drug-likeness (QED) is 0.782. The number of carbonyl (C=O) groups is 2. The number of fused-ring (bicyclic) bond motifs is 1. The van der Waals surface area contributed by atoms with Crippen molar-refractivity contribution in [1.29, 1.82) is 0 Å². The zero-order valence-corrected chi connectivity index (χ0v) is 17.7. The van der Waals surface area contributed by atoms with Gasteiger partial charge in [0.1, 0.15) is 0 Å². The van der Waals surface area contributed by atoms with Gasteiger partial charge in [-0.25, -0.2) is 0 Å². The van der Waals surface area contributed by atoms with Crippen molar-refractivity contribution in [2.45, 2.75) is 57.9 Å². The fourth-order valence-electron chi connectivity index (χ4n) is 4.39. The van der Waals surface area contributed by atoms with E-state index in [0.717, 1.165) is 55.6 Å². The maximum absolute atomic E-state index is 13.0. The van der Waals surface area contributed by atoms with E-state index >= 15 is 0 Å². The fraction of sp³-hybridized carbons (Fsp3) is 0.522. The first-order valence-corrected chi connectivity index (χ1v) is 11.6. The van der Waals surface area contributed by atoms with Crippen LogP contribution in [-0.4, -0.2) is 34.8 Å². The molecule has 3 heterocycles. The van der Waals surface area contributed by atoms with Crippen LogP contribution < -0.4 is 5.32 Å². The van der Waals surface area contributed by atoms with Crippen molar-refractivity contribution in [3.8, 4) is 0 Å². The molecule has 4 rings (SSSR count). The largest absolute Gasteiger partial charge is 0.352 e. The fourth-order valence-corrected chi connectivity index (χ4v) is 5.52. The summed E-state index contributed by atoms with van der Waals surface area (Å²) >= 11 is 1.64. The molecule has 5 nitrogen and oxygen atoms in total. The van der Waals surface area contributed by atoms with Crippen molar-refractivity contribution in [3.05, 3.63) is 51.5 Å². The molecule has 2 aliphatic rings. The monoisotopic (exact) mass is 411 g/mol. The van der Waals surface area contributed by atoms with Crippen LogP contribution >= 0.6 is 11.3 Å². The maximum atomic E-state index is 13.0. The van der Waals surface area contributed by atoms with Crippen molar-refractivity contribution < 1.29 is 9.59 Å². The first-order chi connectivity index (χ1) is 14.2. The van der Waals surface area contributed by atoms with Crippen LogP contribution in [0.15, 0.2) is 29.9 Å². The third kappa shape index (κ3) is 5.04.